The fraction of sp³-hybridized carbons (Fsp3) is 0.333. The van der Waals surface area contributed by atoms with E-state index in [-0.39, 0.29) is 23.6 Å². The lowest BCUT2D eigenvalue weighted by Crippen LogP contribution is -2.42. The molecule has 3 rings (SSSR count). The number of pyridine rings is 1. The van der Waals surface area contributed by atoms with Gasteiger partial charge in [-0.15, -0.1) is 0 Å². The monoisotopic (exact) mass is 299 g/mol. The maximum atomic E-state index is 12.2. The summed E-state index contributed by atoms with van der Waals surface area (Å²) in [6.07, 6.45) is 1.71. The molecule has 22 heavy (non-hydrogen) atoms. The fourth-order valence-electron chi connectivity index (χ4n) is 2.44. The van der Waals surface area contributed by atoms with E-state index in [2.05, 4.69) is 20.7 Å². The van der Waals surface area contributed by atoms with Crippen molar-refractivity contribution in [3.8, 4) is 0 Å². The van der Waals surface area contributed by atoms with Crippen molar-refractivity contribution in [2.75, 3.05) is 0 Å². The molecule has 0 aliphatic carbocycles. The number of aryl methyl sites for hydroxylation is 1. The van der Waals surface area contributed by atoms with Gasteiger partial charge in [-0.1, -0.05) is 0 Å². The minimum atomic E-state index is -0.295. The highest BCUT2D eigenvalue weighted by atomic mass is 16.2. The van der Waals surface area contributed by atoms with Crippen molar-refractivity contribution in [1.29, 1.82) is 0 Å². The van der Waals surface area contributed by atoms with E-state index in [0.29, 0.717) is 18.8 Å². The minimum Gasteiger partial charge on any atom is -0.347 e. The van der Waals surface area contributed by atoms with E-state index in [1.807, 2.05) is 26.0 Å². The molecule has 1 unspecified atom stereocenters. The lowest BCUT2D eigenvalue weighted by molar-refractivity contribution is 0.0898. The molecule has 2 aromatic rings. The molecule has 0 fully saturated rings. The average molecular weight is 299 g/mol. The molecule has 0 spiro atoms. The normalized spacial score (nSPS) is 16.8. The summed E-state index contributed by atoms with van der Waals surface area (Å²) in [5, 5.41) is 9.83. The summed E-state index contributed by atoms with van der Waals surface area (Å²) < 4.78 is 1.58. The Morgan fingerprint density at radius 2 is 2.32 bits per heavy atom. The van der Waals surface area contributed by atoms with E-state index in [1.165, 1.54) is 6.07 Å². The van der Waals surface area contributed by atoms with Crippen molar-refractivity contribution in [3.05, 3.63) is 47.0 Å². The topological polar surface area (TPSA) is 88.9 Å². The van der Waals surface area contributed by atoms with E-state index >= 15 is 0 Å². The second-order valence-corrected chi connectivity index (χ2v) is 5.46. The second-order valence-electron chi connectivity index (χ2n) is 5.46. The number of carbonyl (C=O) groups is 2. The molecule has 0 saturated carbocycles. The molecule has 2 amide bonds. The molecule has 2 N–H and O–H groups in total. The van der Waals surface area contributed by atoms with Gasteiger partial charge in [0.2, 0.25) is 0 Å². The molecule has 7 heteroatoms. The molecule has 0 bridgehead atoms. The van der Waals surface area contributed by atoms with Gasteiger partial charge >= 0.3 is 0 Å². The lowest BCUT2D eigenvalue weighted by Gasteiger charge is -2.20. The Bertz CT molecular complexity index is 737. The van der Waals surface area contributed by atoms with Crippen molar-refractivity contribution in [3.63, 3.8) is 0 Å². The van der Waals surface area contributed by atoms with Crippen molar-refractivity contribution >= 4 is 11.8 Å². The summed E-state index contributed by atoms with van der Waals surface area (Å²) >= 11 is 0. The predicted octanol–water partition coefficient (Wildman–Crippen LogP) is 0.648. The first-order chi connectivity index (χ1) is 10.5. The SMILES string of the molecule is Cc1cc(CNC(=O)c2cc3n(n2)CC(C)NC3=O)ccn1. The predicted molar refractivity (Wildman–Crippen MR) is 79.3 cm³/mol. The molecule has 114 valence electrons. The summed E-state index contributed by atoms with van der Waals surface area (Å²) in [6, 6.07) is 5.29. The third kappa shape index (κ3) is 2.83. The number of nitrogens with zero attached hydrogens (tertiary/aromatic N) is 3. The molecule has 0 radical (unpaired) electrons. The number of fused-ring (bicyclic) bond motifs is 1. The summed E-state index contributed by atoms with van der Waals surface area (Å²) in [7, 11) is 0. The number of amides is 2. The number of rotatable bonds is 3. The number of hydrogen-bond donors (Lipinski definition) is 2. The van der Waals surface area contributed by atoms with Crippen LogP contribution in [0.25, 0.3) is 0 Å². The maximum absolute atomic E-state index is 12.2. The number of hydrogen-bond acceptors (Lipinski definition) is 4. The third-order valence-electron chi connectivity index (χ3n) is 3.48. The first-order valence-electron chi connectivity index (χ1n) is 7.11. The number of carbonyl (C=O) groups excluding carboxylic acids is 2. The maximum Gasteiger partial charge on any atom is 0.272 e. The van der Waals surface area contributed by atoms with Crippen LogP contribution in [0.15, 0.2) is 24.4 Å². The average Bonchev–Trinajstić information content (AvgIpc) is 2.89. The van der Waals surface area contributed by atoms with Gasteiger partial charge in [0.1, 0.15) is 5.69 Å². The van der Waals surface area contributed by atoms with E-state index in [9.17, 15) is 9.59 Å². The van der Waals surface area contributed by atoms with Crippen molar-refractivity contribution in [2.45, 2.75) is 33.0 Å². The first-order valence-corrected chi connectivity index (χ1v) is 7.11. The van der Waals surface area contributed by atoms with E-state index in [4.69, 9.17) is 0 Å². The van der Waals surface area contributed by atoms with Crippen LogP contribution in [0.3, 0.4) is 0 Å². The van der Waals surface area contributed by atoms with Gasteiger partial charge in [0.05, 0.1) is 6.54 Å². The first kappa shape index (κ1) is 14.2. The van der Waals surface area contributed by atoms with Gasteiger partial charge in [0, 0.05) is 30.5 Å². The van der Waals surface area contributed by atoms with Crippen molar-refractivity contribution < 1.29 is 9.59 Å². The second kappa shape index (κ2) is 5.59. The summed E-state index contributed by atoms with van der Waals surface area (Å²) in [5.74, 6) is -0.494. The zero-order valence-corrected chi connectivity index (χ0v) is 12.5. The van der Waals surface area contributed by atoms with Crippen molar-refractivity contribution in [1.82, 2.24) is 25.4 Å². The fourth-order valence-corrected chi connectivity index (χ4v) is 2.44. The summed E-state index contributed by atoms with van der Waals surface area (Å²) in [4.78, 5) is 28.1. The number of nitrogens with one attached hydrogen (secondary N) is 2. The van der Waals surface area contributed by atoms with Crippen LogP contribution < -0.4 is 10.6 Å². The molecule has 7 nitrogen and oxygen atoms in total. The molecular weight excluding hydrogens is 282 g/mol. The van der Waals surface area contributed by atoms with Gasteiger partial charge in [-0.25, -0.2) is 0 Å². The highest BCUT2D eigenvalue weighted by Gasteiger charge is 2.25. The van der Waals surface area contributed by atoms with E-state index in [0.717, 1.165) is 11.3 Å². The Morgan fingerprint density at radius 1 is 1.50 bits per heavy atom. The standard InChI is InChI=1S/C15H17N5O2/c1-9-5-11(3-4-16-9)7-17-14(21)12-6-13-15(22)18-10(2)8-20(13)19-12/h3-6,10H,7-8H2,1-2H3,(H,17,21)(H,18,22). The van der Waals surface area contributed by atoms with Crippen molar-refractivity contribution in [2.24, 2.45) is 0 Å². The Balaban J connectivity index is 1.71. The molecule has 1 aliphatic rings. The van der Waals surface area contributed by atoms with Gasteiger partial charge in [-0.2, -0.15) is 5.10 Å². The molecule has 3 heterocycles. The quantitative estimate of drug-likeness (QED) is 0.871. The molecule has 0 saturated heterocycles. The zero-order valence-electron chi connectivity index (χ0n) is 12.5. The summed E-state index contributed by atoms with van der Waals surface area (Å²) in [5.41, 5.74) is 2.54. The Morgan fingerprint density at radius 3 is 3.09 bits per heavy atom. The van der Waals surface area contributed by atoms with Crippen LogP contribution in [0.2, 0.25) is 0 Å². The number of aromatic nitrogens is 3. The Kier molecular flexibility index (Phi) is 3.62. The van der Waals surface area contributed by atoms with Gasteiger partial charge in [0.15, 0.2) is 5.69 Å². The molecule has 0 aromatic carbocycles. The van der Waals surface area contributed by atoms with Crippen LogP contribution in [0.4, 0.5) is 0 Å². The van der Waals surface area contributed by atoms with Crippen LogP contribution in [-0.2, 0) is 13.1 Å². The molecule has 1 atom stereocenters. The highest BCUT2D eigenvalue weighted by Crippen LogP contribution is 2.11. The Hall–Kier alpha value is -2.70. The van der Waals surface area contributed by atoms with Crippen LogP contribution >= 0.6 is 0 Å². The summed E-state index contributed by atoms with van der Waals surface area (Å²) in [6.45, 7) is 4.76. The van der Waals surface area contributed by atoms with E-state index < -0.39 is 0 Å². The van der Waals surface area contributed by atoms with Crippen LogP contribution in [0.5, 0.6) is 0 Å². The molecular formula is C15H17N5O2. The van der Waals surface area contributed by atoms with Crippen LogP contribution in [0.1, 0.15) is 39.2 Å². The smallest absolute Gasteiger partial charge is 0.272 e. The van der Waals surface area contributed by atoms with Gasteiger partial charge < -0.3 is 10.6 Å². The van der Waals surface area contributed by atoms with E-state index in [1.54, 1.807) is 10.9 Å². The van der Waals surface area contributed by atoms with Gasteiger partial charge in [-0.05, 0) is 31.5 Å². The van der Waals surface area contributed by atoms with Gasteiger partial charge in [-0.3, -0.25) is 19.3 Å². The van der Waals surface area contributed by atoms with Crippen LogP contribution in [-0.4, -0.2) is 32.6 Å². The Labute approximate surface area is 127 Å². The zero-order chi connectivity index (χ0) is 15.7. The van der Waals surface area contributed by atoms with Crippen LogP contribution in [0, 0.1) is 6.92 Å². The molecule has 2 aromatic heterocycles. The third-order valence-corrected chi connectivity index (χ3v) is 3.48. The highest BCUT2D eigenvalue weighted by molar-refractivity contribution is 5.98. The minimum absolute atomic E-state index is 0.00982. The molecule has 1 aliphatic heterocycles. The largest absolute Gasteiger partial charge is 0.347 e. The lowest BCUT2D eigenvalue weighted by atomic mass is 10.2. The van der Waals surface area contributed by atoms with Gasteiger partial charge in [0.25, 0.3) is 11.8 Å².